The van der Waals surface area contributed by atoms with Gasteiger partial charge in [-0.3, -0.25) is 9.59 Å². The highest BCUT2D eigenvalue weighted by atomic mass is 16.5. The number of nitrogens with zero attached hydrogens (tertiary/aromatic N) is 1. The van der Waals surface area contributed by atoms with Gasteiger partial charge in [-0.05, 0) is 36.4 Å². The molecule has 0 fully saturated rings. The first-order valence-electron chi connectivity index (χ1n) is 8.35. The molecule has 0 aliphatic rings. The van der Waals surface area contributed by atoms with Crippen LogP contribution in [-0.2, 0) is 7.05 Å². The van der Waals surface area contributed by atoms with E-state index in [1.165, 1.54) is 0 Å². The fourth-order valence-corrected chi connectivity index (χ4v) is 2.79. The zero-order valence-electron chi connectivity index (χ0n) is 14.8. The summed E-state index contributed by atoms with van der Waals surface area (Å²) in [5.41, 5.74) is 2.14. The van der Waals surface area contributed by atoms with Crippen molar-refractivity contribution >= 4 is 22.7 Å². The fraction of sp³-hybridized carbons (Fsp3) is 0.200. The van der Waals surface area contributed by atoms with Crippen LogP contribution in [0.15, 0.2) is 54.6 Å². The van der Waals surface area contributed by atoms with E-state index in [1.54, 1.807) is 31.4 Å². The lowest BCUT2D eigenvalue weighted by Gasteiger charge is -2.08. The minimum Gasteiger partial charge on any atom is -0.497 e. The van der Waals surface area contributed by atoms with E-state index in [9.17, 15) is 9.59 Å². The topological polar surface area (TPSA) is 72.4 Å². The maximum absolute atomic E-state index is 12.4. The number of aromatic nitrogens is 1. The maximum Gasteiger partial charge on any atom is 0.267 e. The van der Waals surface area contributed by atoms with E-state index in [4.69, 9.17) is 4.74 Å². The molecule has 1 aromatic heterocycles. The standard InChI is InChI=1S/C20H21N3O3/c1-23-17-6-4-3-5-15(17)13-18(23)20(25)22-12-11-21-19(24)14-7-9-16(26-2)10-8-14/h3-10,13H,11-12H2,1-2H3,(H,21,24)(H,22,25). The molecule has 0 aliphatic heterocycles. The number of amides is 2. The number of hydrogen-bond acceptors (Lipinski definition) is 3. The Balaban J connectivity index is 1.51. The van der Waals surface area contributed by atoms with Gasteiger partial charge in [-0.15, -0.1) is 0 Å². The molecule has 0 bridgehead atoms. The molecule has 0 atom stereocenters. The second kappa shape index (κ2) is 7.74. The number of hydrogen-bond donors (Lipinski definition) is 2. The summed E-state index contributed by atoms with van der Waals surface area (Å²) in [6, 6.07) is 16.6. The number of methoxy groups -OCH3 is 1. The summed E-state index contributed by atoms with van der Waals surface area (Å²) >= 11 is 0. The highest BCUT2D eigenvalue weighted by molar-refractivity contribution is 5.98. The Morgan fingerprint density at radius 3 is 2.27 bits per heavy atom. The second-order valence-corrected chi connectivity index (χ2v) is 5.89. The van der Waals surface area contributed by atoms with Gasteiger partial charge in [0.2, 0.25) is 0 Å². The monoisotopic (exact) mass is 351 g/mol. The van der Waals surface area contributed by atoms with Crippen LogP contribution in [0, 0.1) is 0 Å². The third-order valence-corrected chi connectivity index (χ3v) is 4.23. The van der Waals surface area contributed by atoms with E-state index >= 15 is 0 Å². The first-order chi connectivity index (χ1) is 12.6. The molecule has 2 aromatic carbocycles. The molecule has 3 rings (SSSR count). The molecule has 2 N–H and O–H groups in total. The number of benzene rings is 2. The lowest BCUT2D eigenvalue weighted by molar-refractivity contribution is 0.0923. The lowest BCUT2D eigenvalue weighted by atomic mass is 10.2. The van der Waals surface area contributed by atoms with Gasteiger partial charge in [0, 0.05) is 36.6 Å². The summed E-state index contributed by atoms with van der Waals surface area (Å²) in [4.78, 5) is 24.4. The number of carbonyl (C=O) groups is 2. The molecule has 6 heteroatoms. The van der Waals surface area contributed by atoms with Crippen LogP contribution < -0.4 is 15.4 Å². The summed E-state index contributed by atoms with van der Waals surface area (Å²) in [6.07, 6.45) is 0. The number of ether oxygens (including phenoxy) is 1. The van der Waals surface area contributed by atoms with Crippen LogP contribution >= 0.6 is 0 Å². The second-order valence-electron chi connectivity index (χ2n) is 5.89. The highest BCUT2D eigenvalue weighted by Gasteiger charge is 2.12. The van der Waals surface area contributed by atoms with Crippen molar-refractivity contribution in [2.24, 2.45) is 7.05 Å². The maximum atomic E-state index is 12.4. The Bertz CT molecular complexity index is 929. The Morgan fingerprint density at radius 1 is 0.962 bits per heavy atom. The van der Waals surface area contributed by atoms with Gasteiger partial charge in [0.15, 0.2) is 0 Å². The zero-order valence-corrected chi connectivity index (χ0v) is 14.8. The van der Waals surface area contributed by atoms with Crippen molar-refractivity contribution in [3.05, 3.63) is 65.9 Å². The first-order valence-corrected chi connectivity index (χ1v) is 8.35. The van der Waals surface area contributed by atoms with Crippen molar-refractivity contribution in [2.75, 3.05) is 20.2 Å². The van der Waals surface area contributed by atoms with Gasteiger partial charge < -0.3 is 19.9 Å². The normalized spacial score (nSPS) is 10.5. The minimum atomic E-state index is -0.188. The van der Waals surface area contributed by atoms with Crippen LogP contribution in [0.25, 0.3) is 10.9 Å². The van der Waals surface area contributed by atoms with Crippen LogP contribution in [0.2, 0.25) is 0 Å². The number of fused-ring (bicyclic) bond motifs is 1. The molecule has 2 amide bonds. The summed E-state index contributed by atoms with van der Waals surface area (Å²) in [5, 5.41) is 6.64. The Labute approximate surface area is 151 Å². The summed E-state index contributed by atoms with van der Waals surface area (Å²) in [6.45, 7) is 0.697. The van der Waals surface area contributed by atoms with Crippen molar-refractivity contribution in [3.63, 3.8) is 0 Å². The Hall–Kier alpha value is -3.28. The van der Waals surface area contributed by atoms with E-state index in [-0.39, 0.29) is 11.8 Å². The molecule has 0 spiro atoms. The third-order valence-electron chi connectivity index (χ3n) is 4.23. The molecule has 26 heavy (non-hydrogen) atoms. The molecular formula is C20H21N3O3. The van der Waals surface area contributed by atoms with Crippen LogP contribution in [0.3, 0.4) is 0 Å². The average molecular weight is 351 g/mol. The lowest BCUT2D eigenvalue weighted by Crippen LogP contribution is -2.35. The first kappa shape index (κ1) is 17.5. The van der Waals surface area contributed by atoms with E-state index in [0.717, 1.165) is 10.9 Å². The number of rotatable bonds is 6. The predicted octanol–water partition coefficient (Wildman–Crippen LogP) is 2.35. The van der Waals surface area contributed by atoms with Crippen molar-refractivity contribution in [3.8, 4) is 5.75 Å². The largest absolute Gasteiger partial charge is 0.497 e. The van der Waals surface area contributed by atoms with Crippen LogP contribution in [0.4, 0.5) is 0 Å². The van der Waals surface area contributed by atoms with Gasteiger partial charge in [-0.25, -0.2) is 0 Å². The van der Waals surface area contributed by atoms with E-state index in [1.807, 2.05) is 41.9 Å². The summed E-state index contributed by atoms with van der Waals surface area (Å²) in [5.74, 6) is 0.345. The molecule has 0 radical (unpaired) electrons. The minimum absolute atomic E-state index is 0.164. The zero-order chi connectivity index (χ0) is 18.5. The molecule has 0 saturated carbocycles. The molecule has 6 nitrogen and oxygen atoms in total. The van der Waals surface area contributed by atoms with E-state index < -0.39 is 0 Å². The van der Waals surface area contributed by atoms with Gasteiger partial charge in [0.05, 0.1) is 7.11 Å². The summed E-state index contributed by atoms with van der Waals surface area (Å²) < 4.78 is 6.93. The Morgan fingerprint density at radius 2 is 1.62 bits per heavy atom. The molecule has 0 unspecified atom stereocenters. The molecule has 1 heterocycles. The van der Waals surface area contributed by atoms with Crippen molar-refractivity contribution in [1.29, 1.82) is 0 Å². The van der Waals surface area contributed by atoms with E-state index in [0.29, 0.717) is 30.1 Å². The van der Waals surface area contributed by atoms with E-state index in [2.05, 4.69) is 10.6 Å². The highest BCUT2D eigenvalue weighted by Crippen LogP contribution is 2.18. The number of para-hydroxylation sites is 1. The van der Waals surface area contributed by atoms with Crippen LogP contribution in [0.5, 0.6) is 5.75 Å². The molecule has 134 valence electrons. The number of carbonyl (C=O) groups excluding carboxylic acids is 2. The number of nitrogens with one attached hydrogen (secondary N) is 2. The molecule has 0 aliphatic carbocycles. The average Bonchev–Trinajstić information content (AvgIpc) is 3.02. The van der Waals surface area contributed by atoms with Crippen LogP contribution in [-0.4, -0.2) is 36.6 Å². The van der Waals surface area contributed by atoms with Crippen molar-refractivity contribution in [2.45, 2.75) is 0 Å². The fourth-order valence-electron chi connectivity index (χ4n) is 2.79. The predicted molar refractivity (Wildman–Crippen MR) is 101 cm³/mol. The van der Waals surface area contributed by atoms with Gasteiger partial charge in [-0.2, -0.15) is 0 Å². The molecule has 0 saturated heterocycles. The van der Waals surface area contributed by atoms with Gasteiger partial charge in [0.25, 0.3) is 11.8 Å². The smallest absolute Gasteiger partial charge is 0.267 e. The third kappa shape index (κ3) is 3.69. The molecular weight excluding hydrogens is 330 g/mol. The molecule has 3 aromatic rings. The Kier molecular flexibility index (Phi) is 5.22. The summed E-state index contributed by atoms with van der Waals surface area (Å²) in [7, 11) is 3.44. The van der Waals surface area contributed by atoms with Gasteiger partial charge in [-0.1, -0.05) is 18.2 Å². The van der Waals surface area contributed by atoms with Crippen molar-refractivity contribution in [1.82, 2.24) is 15.2 Å². The number of aryl methyl sites for hydroxylation is 1. The van der Waals surface area contributed by atoms with Gasteiger partial charge >= 0.3 is 0 Å². The van der Waals surface area contributed by atoms with Crippen molar-refractivity contribution < 1.29 is 14.3 Å². The van der Waals surface area contributed by atoms with Crippen LogP contribution in [0.1, 0.15) is 20.8 Å². The van der Waals surface area contributed by atoms with Gasteiger partial charge in [0.1, 0.15) is 11.4 Å². The quantitative estimate of drug-likeness (QED) is 0.670. The SMILES string of the molecule is COc1ccc(C(=O)NCCNC(=O)c2cc3ccccc3n2C)cc1.